The third-order valence-electron chi connectivity index (χ3n) is 2.51. The average molecular weight is 306 g/mol. The fraction of sp³-hybridized carbons (Fsp3) is 0. The van der Waals surface area contributed by atoms with E-state index in [2.05, 4.69) is 43.6 Å². The fourth-order valence-electron chi connectivity index (χ4n) is 1.66. The van der Waals surface area contributed by atoms with E-state index in [4.69, 9.17) is 0 Å². The summed E-state index contributed by atoms with van der Waals surface area (Å²) in [5, 5.41) is 10.6. The van der Waals surface area contributed by atoms with Gasteiger partial charge in [0, 0.05) is 21.9 Å². The van der Waals surface area contributed by atoms with E-state index in [0.717, 1.165) is 19.7 Å². The van der Waals surface area contributed by atoms with E-state index in [1.807, 2.05) is 0 Å². The van der Waals surface area contributed by atoms with Crippen molar-refractivity contribution in [2.45, 2.75) is 0 Å². The van der Waals surface area contributed by atoms with E-state index in [0.29, 0.717) is 0 Å². The molecule has 4 rings (SSSR count). The zero-order valence-corrected chi connectivity index (χ0v) is 12.3. The summed E-state index contributed by atoms with van der Waals surface area (Å²) in [6, 6.07) is 4.21. The van der Waals surface area contributed by atoms with Crippen molar-refractivity contribution in [2.75, 3.05) is 0 Å². The second-order valence-electron chi connectivity index (χ2n) is 3.67. The summed E-state index contributed by atoms with van der Waals surface area (Å²) in [5.41, 5.74) is 2.40. The number of thiazole rings is 2. The van der Waals surface area contributed by atoms with Crippen LogP contribution in [0.3, 0.4) is 0 Å². The summed E-state index contributed by atoms with van der Waals surface area (Å²) in [6.07, 6.45) is 0. The van der Waals surface area contributed by atoms with Gasteiger partial charge in [0.15, 0.2) is 9.66 Å². The van der Waals surface area contributed by atoms with Gasteiger partial charge in [-0.1, -0.05) is 22.7 Å². The van der Waals surface area contributed by atoms with Crippen LogP contribution in [0.4, 0.5) is 0 Å². The molecule has 0 N–H and O–H groups in total. The van der Waals surface area contributed by atoms with Crippen LogP contribution in [0.15, 0.2) is 33.7 Å². The Labute approximate surface area is 119 Å². The van der Waals surface area contributed by atoms with Crippen molar-refractivity contribution in [1.82, 2.24) is 9.97 Å². The number of hydrogen-bond donors (Lipinski definition) is 0. The maximum atomic E-state index is 4.67. The normalized spacial score (nSPS) is 11.3. The molecule has 0 radical (unpaired) electrons. The van der Waals surface area contributed by atoms with Crippen molar-refractivity contribution in [2.24, 2.45) is 0 Å². The maximum Gasteiger partial charge on any atom is 0.155 e. The third kappa shape index (κ3) is 1.73. The molecule has 4 aromatic heterocycles. The molecule has 2 nitrogen and oxygen atoms in total. The predicted molar refractivity (Wildman–Crippen MR) is 81.9 cm³/mol. The van der Waals surface area contributed by atoms with Crippen molar-refractivity contribution in [1.29, 1.82) is 0 Å². The molecule has 18 heavy (non-hydrogen) atoms. The first-order valence-corrected chi connectivity index (χ1v) is 8.74. The predicted octanol–water partition coefficient (Wildman–Crippen LogP) is 5.21. The van der Waals surface area contributed by atoms with Gasteiger partial charge in [-0.25, -0.2) is 9.97 Å². The molecule has 0 spiro atoms. The van der Waals surface area contributed by atoms with Crippen LogP contribution in [0.25, 0.3) is 30.8 Å². The minimum absolute atomic E-state index is 1.04. The number of hydrogen-bond acceptors (Lipinski definition) is 6. The van der Waals surface area contributed by atoms with Gasteiger partial charge in [0.2, 0.25) is 0 Å². The van der Waals surface area contributed by atoms with Gasteiger partial charge in [-0.15, -0.1) is 0 Å². The SMILES string of the molecule is c1cc(-c2nc3sc(-c4ccsc4)nc3s2)cs1. The molecular formula is C12H6N2S4. The van der Waals surface area contributed by atoms with Crippen LogP contribution in [-0.4, -0.2) is 9.97 Å². The number of nitrogens with zero attached hydrogens (tertiary/aromatic N) is 2. The number of fused-ring (bicyclic) bond motifs is 1. The summed E-state index contributed by atoms with van der Waals surface area (Å²) in [4.78, 5) is 11.4. The Morgan fingerprint density at radius 2 is 1.22 bits per heavy atom. The summed E-state index contributed by atoms with van der Waals surface area (Å²) >= 11 is 6.74. The van der Waals surface area contributed by atoms with E-state index < -0.39 is 0 Å². The summed E-state index contributed by atoms with van der Waals surface area (Å²) in [7, 11) is 0. The van der Waals surface area contributed by atoms with Crippen LogP contribution >= 0.6 is 45.3 Å². The molecule has 6 heteroatoms. The van der Waals surface area contributed by atoms with Crippen molar-refractivity contribution >= 4 is 55.0 Å². The lowest BCUT2D eigenvalue weighted by Crippen LogP contribution is -1.69. The zero-order chi connectivity index (χ0) is 11.9. The van der Waals surface area contributed by atoms with Gasteiger partial charge in [0.25, 0.3) is 0 Å². The largest absolute Gasteiger partial charge is 0.223 e. The van der Waals surface area contributed by atoms with Crippen LogP contribution in [0.5, 0.6) is 0 Å². The lowest BCUT2D eigenvalue weighted by atomic mass is 10.4. The van der Waals surface area contributed by atoms with Gasteiger partial charge in [0.05, 0.1) is 0 Å². The van der Waals surface area contributed by atoms with E-state index >= 15 is 0 Å². The first-order chi connectivity index (χ1) is 8.90. The molecule has 0 saturated heterocycles. The van der Waals surface area contributed by atoms with Gasteiger partial charge in [-0.3, -0.25) is 0 Å². The van der Waals surface area contributed by atoms with Crippen molar-refractivity contribution < 1.29 is 0 Å². The second-order valence-corrected chi connectivity index (χ2v) is 7.19. The van der Waals surface area contributed by atoms with Gasteiger partial charge in [-0.05, 0) is 22.9 Å². The first kappa shape index (κ1) is 10.8. The maximum absolute atomic E-state index is 4.67. The molecule has 4 aromatic rings. The van der Waals surface area contributed by atoms with E-state index in [1.165, 1.54) is 11.1 Å². The highest BCUT2D eigenvalue weighted by Crippen LogP contribution is 2.37. The van der Waals surface area contributed by atoms with E-state index in [1.54, 1.807) is 45.3 Å². The second kappa shape index (κ2) is 4.24. The summed E-state index contributed by atoms with van der Waals surface area (Å²) in [6.45, 7) is 0. The standard InChI is InChI=1S/C12H6N2S4/c1-3-15-5-7(1)9-13-11-12(17-9)14-10(18-11)8-2-4-16-6-8/h1-6H. The number of rotatable bonds is 2. The van der Waals surface area contributed by atoms with Crippen LogP contribution < -0.4 is 0 Å². The third-order valence-corrected chi connectivity index (χ3v) is 6.00. The van der Waals surface area contributed by atoms with E-state index in [9.17, 15) is 0 Å². The lowest BCUT2D eigenvalue weighted by Gasteiger charge is -1.88. The highest BCUT2D eigenvalue weighted by atomic mass is 32.1. The van der Waals surface area contributed by atoms with Crippen LogP contribution in [-0.2, 0) is 0 Å². The minimum Gasteiger partial charge on any atom is -0.223 e. The van der Waals surface area contributed by atoms with Gasteiger partial charge >= 0.3 is 0 Å². The molecule has 0 aliphatic rings. The Morgan fingerprint density at radius 3 is 1.61 bits per heavy atom. The van der Waals surface area contributed by atoms with E-state index in [-0.39, 0.29) is 0 Å². The molecule has 0 aliphatic carbocycles. The quantitative estimate of drug-likeness (QED) is 0.508. The monoisotopic (exact) mass is 306 g/mol. The van der Waals surface area contributed by atoms with Crippen LogP contribution in [0.2, 0.25) is 0 Å². The summed E-state index contributed by atoms with van der Waals surface area (Å²) < 4.78 is 0. The molecule has 0 bridgehead atoms. The summed E-state index contributed by atoms with van der Waals surface area (Å²) in [5.74, 6) is 0. The molecule has 0 atom stereocenters. The molecule has 0 unspecified atom stereocenters. The average Bonchev–Trinajstić information content (AvgIpc) is 3.13. The van der Waals surface area contributed by atoms with Crippen molar-refractivity contribution in [3.63, 3.8) is 0 Å². The van der Waals surface area contributed by atoms with Crippen molar-refractivity contribution in [3.8, 4) is 21.1 Å². The Balaban J connectivity index is 1.82. The number of thiophene rings is 2. The van der Waals surface area contributed by atoms with Gasteiger partial charge in [0.1, 0.15) is 10.0 Å². The lowest BCUT2D eigenvalue weighted by molar-refractivity contribution is 1.50. The smallest absolute Gasteiger partial charge is 0.155 e. The minimum atomic E-state index is 1.04. The first-order valence-electron chi connectivity index (χ1n) is 5.23. The topological polar surface area (TPSA) is 25.8 Å². The molecule has 0 aliphatic heterocycles. The van der Waals surface area contributed by atoms with Gasteiger partial charge in [-0.2, -0.15) is 22.7 Å². The molecule has 0 amide bonds. The highest BCUT2D eigenvalue weighted by Gasteiger charge is 2.13. The Bertz CT molecular complexity index is 682. The Kier molecular flexibility index (Phi) is 2.54. The molecule has 0 fully saturated rings. The Hall–Kier alpha value is -1.08. The number of aromatic nitrogens is 2. The van der Waals surface area contributed by atoms with Gasteiger partial charge < -0.3 is 0 Å². The highest BCUT2D eigenvalue weighted by molar-refractivity contribution is 7.29. The Morgan fingerprint density at radius 1 is 0.722 bits per heavy atom. The molecule has 0 saturated carbocycles. The fourth-order valence-corrected chi connectivity index (χ4v) is 5.13. The van der Waals surface area contributed by atoms with Crippen molar-refractivity contribution in [3.05, 3.63) is 33.7 Å². The van der Waals surface area contributed by atoms with Crippen LogP contribution in [0, 0.1) is 0 Å². The molecule has 0 aromatic carbocycles. The molecular weight excluding hydrogens is 300 g/mol. The zero-order valence-electron chi connectivity index (χ0n) is 8.99. The van der Waals surface area contributed by atoms with Crippen LogP contribution in [0.1, 0.15) is 0 Å². The molecule has 4 heterocycles. The molecule has 88 valence electrons.